The van der Waals surface area contributed by atoms with E-state index in [0.29, 0.717) is 34.7 Å². The van der Waals surface area contributed by atoms with Gasteiger partial charge in [0.25, 0.3) is 0 Å². The van der Waals surface area contributed by atoms with Crippen LogP contribution >= 0.6 is 11.6 Å². The van der Waals surface area contributed by atoms with Crippen molar-refractivity contribution in [1.82, 2.24) is 14.9 Å². The SMILES string of the molecule is [2H]C1C(=C2c3ccc(Cl)cc3CCc3cccnc32)C([2H])C([2H])N(C([2H])([2H])c2cncc(C)c2)C1[2H]. The fourth-order valence-electron chi connectivity index (χ4n) is 4.00. The predicted octanol–water partition coefficient (Wildman–Crippen LogP) is 5.63. The van der Waals surface area contributed by atoms with Crippen LogP contribution in [-0.2, 0) is 19.3 Å². The summed E-state index contributed by atoms with van der Waals surface area (Å²) >= 11 is 6.30. The zero-order chi connectivity index (χ0) is 25.8. The van der Waals surface area contributed by atoms with Crippen molar-refractivity contribution in [2.45, 2.75) is 39.1 Å². The first-order valence-electron chi connectivity index (χ1n) is 13.3. The highest BCUT2D eigenvalue weighted by atomic mass is 35.5. The second-order valence-electron chi connectivity index (χ2n) is 7.54. The van der Waals surface area contributed by atoms with Gasteiger partial charge >= 0.3 is 0 Å². The number of halogens is 1. The van der Waals surface area contributed by atoms with Crippen LogP contribution in [0, 0.1) is 6.92 Å². The topological polar surface area (TPSA) is 29.0 Å². The summed E-state index contributed by atoms with van der Waals surface area (Å²) in [7, 11) is 0. The van der Waals surface area contributed by atoms with Gasteiger partial charge < -0.3 is 0 Å². The summed E-state index contributed by atoms with van der Waals surface area (Å²) in [6.07, 6.45) is 3.54. The summed E-state index contributed by atoms with van der Waals surface area (Å²) < 4.78 is 53.6. The van der Waals surface area contributed by atoms with Crippen molar-refractivity contribution < 1.29 is 8.22 Å². The van der Waals surface area contributed by atoms with Crippen molar-refractivity contribution in [3.05, 3.63) is 99.1 Å². The molecule has 0 bridgehead atoms. The Morgan fingerprint density at radius 3 is 2.77 bits per heavy atom. The lowest BCUT2D eigenvalue weighted by molar-refractivity contribution is 0.248. The number of likely N-dealkylation sites (tertiary alicyclic amines) is 1. The van der Waals surface area contributed by atoms with Gasteiger partial charge in [-0.2, -0.15) is 0 Å². The summed E-state index contributed by atoms with van der Waals surface area (Å²) in [5.41, 5.74) is 5.26. The van der Waals surface area contributed by atoms with Gasteiger partial charge in [0.1, 0.15) is 0 Å². The first-order valence-corrected chi connectivity index (χ1v) is 10.4. The molecule has 2 aliphatic rings. The van der Waals surface area contributed by atoms with Crippen LogP contribution in [0.1, 0.15) is 54.5 Å². The molecular formula is C26H26ClN3. The molecule has 0 N–H and O–H groups in total. The maximum atomic E-state index is 9.08. The quantitative estimate of drug-likeness (QED) is 0.536. The molecule has 3 nitrogen and oxygen atoms in total. The van der Waals surface area contributed by atoms with E-state index in [1.54, 1.807) is 31.5 Å². The van der Waals surface area contributed by atoms with Gasteiger partial charge in [-0.05, 0) is 78.6 Å². The molecule has 30 heavy (non-hydrogen) atoms. The van der Waals surface area contributed by atoms with E-state index in [9.17, 15) is 0 Å². The number of piperidine rings is 1. The van der Waals surface area contributed by atoms with Crippen LogP contribution in [0.5, 0.6) is 0 Å². The molecule has 3 heterocycles. The van der Waals surface area contributed by atoms with E-state index >= 15 is 0 Å². The average molecular weight is 422 g/mol. The fraction of sp³-hybridized carbons (Fsp3) is 0.308. The van der Waals surface area contributed by atoms with Gasteiger partial charge in [-0.15, -0.1) is 0 Å². The van der Waals surface area contributed by atoms with Gasteiger partial charge in [0.2, 0.25) is 0 Å². The summed E-state index contributed by atoms with van der Waals surface area (Å²) in [5, 5.41) is 0.591. The zero-order valence-electron chi connectivity index (χ0n) is 22.6. The third-order valence-corrected chi connectivity index (χ3v) is 5.61. The monoisotopic (exact) mass is 421 g/mol. The van der Waals surface area contributed by atoms with Gasteiger partial charge in [0.15, 0.2) is 0 Å². The van der Waals surface area contributed by atoms with Crippen molar-refractivity contribution in [1.29, 1.82) is 0 Å². The molecule has 0 amide bonds. The van der Waals surface area contributed by atoms with Crippen molar-refractivity contribution in [2.75, 3.05) is 13.0 Å². The van der Waals surface area contributed by atoms with Crippen LogP contribution in [0.2, 0.25) is 5.02 Å². The lowest BCUT2D eigenvalue weighted by Gasteiger charge is -2.30. The number of hydrogen-bond acceptors (Lipinski definition) is 3. The van der Waals surface area contributed by atoms with E-state index in [-0.39, 0.29) is 5.56 Å². The molecule has 3 aromatic rings. The molecule has 1 aliphatic carbocycles. The number of hydrogen-bond donors (Lipinski definition) is 0. The van der Waals surface area contributed by atoms with E-state index < -0.39 is 32.3 Å². The van der Waals surface area contributed by atoms with Crippen LogP contribution in [0.25, 0.3) is 5.57 Å². The number of nitrogens with zero attached hydrogens (tertiary/aromatic N) is 3. The molecule has 0 radical (unpaired) electrons. The van der Waals surface area contributed by atoms with Crippen molar-refractivity contribution in [3.8, 4) is 0 Å². The van der Waals surface area contributed by atoms with E-state index in [1.165, 1.54) is 6.20 Å². The first kappa shape index (κ1) is 13.7. The Morgan fingerprint density at radius 2 is 1.93 bits per heavy atom. The number of aryl methyl sites for hydroxylation is 3. The smallest absolute Gasteiger partial charge is 0.0739 e. The van der Waals surface area contributed by atoms with Gasteiger partial charge in [0, 0.05) is 56.9 Å². The van der Waals surface area contributed by atoms with Crippen molar-refractivity contribution in [3.63, 3.8) is 0 Å². The summed E-state index contributed by atoms with van der Waals surface area (Å²) in [4.78, 5) is 9.72. The summed E-state index contributed by atoms with van der Waals surface area (Å²) in [5.74, 6) is 0. The van der Waals surface area contributed by atoms with E-state index in [4.69, 9.17) is 19.8 Å². The fourth-order valence-corrected chi connectivity index (χ4v) is 4.20. The van der Waals surface area contributed by atoms with Gasteiger partial charge in [-0.3, -0.25) is 14.9 Å². The van der Waals surface area contributed by atoms with Crippen LogP contribution in [0.3, 0.4) is 0 Å². The Hall–Kier alpha value is -2.49. The molecule has 1 aromatic carbocycles. The predicted molar refractivity (Wildman–Crippen MR) is 123 cm³/mol. The zero-order valence-corrected chi connectivity index (χ0v) is 17.4. The minimum atomic E-state index is -2.25. The number of benzene rings is 1. The van der Waals surface area contributed by atoms with Gasteiger partial charge in [0.05, 0.1) is 5.69 Å². The highest BCUT2D eigenvalue weighted by Gasteiger charge is 2.25. The van der Waals surface area contributed by atoms with Gasteiger partial charge in [-0.1, -0.05) is 35.4 Å². The Labute approximate surface area is 191 Å². The lowest BCUT2D eigenvalue weighted by atomic mass is 9.88. The highest BCUT2D eigenvalue weighted by molar-refractivity contribution is 6.30. The lowest BCUT2D eigenvalue weighted by Crippen LogP contribution is -2.30. The summed E-state index contributed by atoms with van der Waals surface area (Å²) in [6, 6.07) is 11.0. The Morgan fingerprint density at radius 1 is 1.10 bits per heavy atom. The Kier molecular flexibility index (Phi) is 3.82. The number of fused-ring (bicyclic) bond motifs is 2. The number of aromatic nitrogens is 2. The van der Waals surface area contributed by atoms with Crippen LogP contribution < -0.4 is 0 Å². The van der Waals surface area contributed by atoms with E-state index in [1.807, 2.05) is 24.3 Å². The maximum absolute atomic E-state index is 9.08. The minimum absolute atomic E-state index is 0.203. The molecule has 4 heteroatoms. The van der Waals surface area contributed by atoms with Crippen molar-refractivity contribution >= 4 is 17.2 Å². The number of pyridine rings is 2. The molecule has 152 valence electrons. The molecule has 0 saturated carbocycles. The second-order valence-corrected chi connectivity index (χ2v) is 7.98. The van der Waals surface area contributed by atoms with Gasteiger partial charge in [-0.25, -0.2) is 0 Å². The average Bonchev–Trinajstić information content (AvgIpc) is 3.00. The van der Waals surface area contributed by atoms with Crippen LogP contribution in [-0.4, -0.2) is 27.9 Å². The molecular weight excluding hydrogens is 390 g/mol. The van der Waals surface area contributed by atoms with E-state index in [2.05, 4.69) is 9.97 Å². The van der Waals surface area contributed by atoms with Crippen LogP contribution in [0.4, 0.5) is 0 Å². The third-order valence-electron chi connectivity index (χ3n) is 5.38. The third kappa shape index (κ3) is 3.92. The molecule has 1 saturated heterocycles. The largest absolute Gasteiger partial charge is 0.298 e. The Bertz CT molecular complexity index is 1330. The Balaban J connectivity index is 1.69. The molecule has 4 atom stereocenters. The molecule has 1 fully saturated rings. The second kappa shape index (κ2) is 8.33. The molecule has 0 spiro atoms. The normalized spacial score (nSPS) is 29.9. The standard InChI is InChI=1S/C26H26ClN3/c1-18-13-19(16-28-15-18)17-30-11-8-20(9-12-30)25-24-7-6-23(27)14-22(24)5-4-21-3-2-10-29-26(21)25/h2-3,6-7,10,13-16H,4-5,8-9,11-12,17H2,1H3/i8D,9D,11D,12D,17D2. The maximum Gasteiger partial charge on any atom is 0.0739 e. The van der Waals surface area contributed by atoms with Crippen molar-refractivity contribution in [2.24, 2.45) is 0 Å². The molecule has 4 unspecified atom stereocenters. The highest BCUT2D eigenvalue weighted by Crippen LogP contribution is 2.38. The van der Waals surface area contributed by atoms with E-state index in [0.717, 1.165) is 27.2 Å². The molecule has 5 rings (SSSR count). The first-order chi connectivity index (χ1) is 17.1. The minimum Gasteiger partial charge on any atom is -0.298 e. The molecule has 1 aliphatic heterocycles. The number of rotatable bonds is 2. The van der Waals surface area contributed by atoms with Crippen LogP contribution in [0.15, 0.2) is 60.6 Å². The summed E-state index contributed by atoms with van der Waals surface area (Å²) in [6.45, 7) is -3.29. The molecule has 2 aromatic heterocycles.